The lowest BCUT2D eigenvalue weighted by atomic mass is 10.0. The second-order valence-corrected chi connectivity index (χ2v) is 12.8. The van der Waals surface area contributed by atoms with Crippen molar-refractivity contribution in [3.8, 4) is 0 Å². The summed E-state index contributed by atoms with van der Waals surface area (Å²) in [6.45, 7) is 10.6. The van der Waals surface area contributed by atoms with Crippen LogP contribution in [0.3, 0.4) is 0 Å². The van der Waals surface area contributed by atoms with Crippen LogP contribution in [0.15, 0.2) is 0 Å². The van der Waals surface area contributed by atoms with Crippen molar-refractivity contribution in [1.82, 2.24) is 10.6 Å². The summed E-state index contributed by atoms with van der Waals surface area (Å²) in [6.07, 6.45) is 4.30. The molecule has 0 aliphatic carbocycles. The first-order chi connectivity index (χ1) is 20.0. The van der Waals surface area contributed by atoms with E-state index in [1.807, 2.05) is 34.6 Å². The Kier molecular flexibility index (Phi) is 16.5. The van der Waals surface area contributed by atoms with Crippen LogP contribution < -0.4 is 10.6 Å². The van der Waals surface area contributed by atoms with E-state index in [-0.39, 0.29) is 55.5 Å². The molecule has 244 valence electrons. The van der Waals surface area contributed by atoms with Crippen molar-refractivity contribution in [2.24, 2.45) is 5.92 Å². The lowest BCUT2D eigenvalue weighted by Gasteiger charge is -2.23. The number of ether oxygens (including phenoxy) is 3. The SMILES string of the molecule is CCC(CC)C(=O)NCCCCCCNC(=O)CCC(=O)OC1CC(C)OC1COP(=O)(O)OC1CC(C)OC1CC. The molecule has 0 aromatic rings. The Hall–Kier alpha value is -1.56. The maximum absolute atomic E-state index is 12.6. The standard InChI is InChI=1S/C29H53N2O10P/c1-6-22(7-2)29(34)31-16-12-10-9-11-15-30-27(32)13-14-28(33)40-24-17-20(4)39-26(24)19-37-42(35,36)41-25-18-21(5)38-23(25)8-3/h20-26H,6-19H2,1-5H3,(H,30,32)(H,31,34)(H,35,36). The molecule has 0 aromatic carbocycles. The summed E-state index contributed by atoms with van der Waals surface area (Å²) in [7, 11) is -4.38. The highest BCUT2D eigenvalue weighted by Crippen LogP contribution is 2.48. The number of hydrogen-bond donors (Lipinski definition) is 3. The monoisotopic (exact) mass is 620 g/mol. The fourth-order valence-electron chi connectivity index (χ4n) is 5.33. The van der Waals surface area contributed by atoms with Gasteiger partial charge in [0.2, 0.25) is 11.8 Å². The maximum Gasteiger partial charge on any atom is 0.472 e. The molecule has 0 aromatic heterocycles. The molecule has 2 fully saturated rings. The average molecular weight is 621 g/mol. The maximum atomic E-state index is 12.6. The third kappa shape index (κ3) is 13.4. The van der Waals surface area contributed by atoms with Crippen molar-refractivity contribution in [3.63, 3.8) is 0 Å². The van der Waals surface area contributed by atoms with Crippen LogP contribution in [-0.2, 0) is 42.2 Å². The van der Waals surface area contributed by atoms with Gasteiger partial charge >= 0.3 is 13.8 Å². The topological polar surface area (TPSA) is 159 Å². The molecule has 2 heterocycles. The van der Waals surface area contributed by atoms with Crippen molar-refractivity contribution in [2.75, 3.05) is 19.7 Å². The van der Waals surface area contributed by atoms with Crippen molar-refractivity contribution in [1.29, 1.82) is 0 Å². The lowest BCUT2D eigenvalue weighted by molar-refractivity contribution is -0.153. The Balaban J connectivity index is 1.60. The van der Waals surface area contributed by atoms with E-state index >= 15 is 0 Å². The molecule has 3 N–H and O–H groups in total. The number of rotatable bonds is 20. The minimum Gasteiger partial charge on any atom is -0.459 e. The fraction of sp³-hybridized carbons (Fsp3) is 0.897. The van der Waals surface area contributed by atoms with Crippen molar-refractivity contribution >= 4 is 25.6 Å². The van der Waals surface area contributed by atoms with E-state index in [4.69, 9.17) is 23.3 Å². The van der Waals surface area contributed by atoms with E-state index < -0.39 is 32.1 Å². The van der Waals surface area contributed by atoms with E-state index in [2.05, 4.69) is 10.6 Å². The van der Waals surface area contributed by atoms with E-state index in [1.54, 1.807) is 0 Å². The summed E-state index contributed by atoms with van der Waals surface area (Å²) >= 11 is 0. The van der Waals surface area contributed by atoms with Crippen molar-refractivity contribution < 1.29 is 47.1 Å². The summed E-state index contributed by atoms with van der Waals surface area (Å²) in [5.74, 6) is -0.556. The van der Waals surface area contributed by atoms with Gasteiger partial charge < -0.3 is 29.7 Å². The quantitative estimate of drug-likeness (QED) is 0.102. The van der Waals surface area contributed by atoms with Crippen LogP contribution in [0.2, 0.25) is 0 Å². The number of amides is 2. The molecule has 42 heavy (non-hydrogen) atoms. The number of hydrogen-bond acceptors (Lipinski definition) is 9. The molecule has 0 saturated carbocycles. The van der Waals surface area contributed by atoms with Gasteiger partial charge in [0.05, 0.1) is 37.4 Å². The minimum atomic E-state index is -4.38. The third-order valence-electron chi connectivity index (χ3n) is 7.77. The molecule has 2 amide bonds. The van der Waals surface area contributed by atoms with E-state index in [0.29, 0.717) is 32.4 Å². The number of phosphoric ester groups is 1. The molecule has 2 aliphatic heterocycles. The summed E-state index contributed by atoms with van der Waals surface area (Å²) in [5.41, 5.74) is 0. The van der Waals surface area contributed by atoms with Crippen molar-refractivity contribution in [3.05, 3.63) is 0 Å². The first-order valence-electron chi connectivity index (χ1n) is 15.7. The van der Waals surface area contributed by atoms with E-state index in [9.17, 15) is 23.8 Å². The highest BCUT2D eigenvalue weighted by Gasteiger charge is 2.41. The van der Waals surface area contributed by atoms with Crippen LogP contribution in [-0.4, -0.2) is 79.0 Å². The summed E-state index contributed by atoms with van der Waals surface area (Å²) in [6, 6.07) is 0. The molecule has 0 spiro atoms. The van der Waals surface area contributed by atoms with Crippen LogP contribution in [0.1, 0.15) is 105 Å². The number of carbonyl (C=O) groups excluding carboxylic acids is 3. The van der Waals surface area contributed by atoms with Gasteiger partial charge in [0.25, 0.3) is 0 Å². The van der Waals surface area contributed by atoms with Crippen LogP contribution in [0.25, 0.3) is 0 Å². The van der Waals surface area contributed by atoms with Crippen LogP contribution >= 0.6 is 7.82 Å². The Morgan fingerprint density at radius 3 is 2.10 bits per heavy atom. The Bertz CT molecular complexity index is 886. The van der Waals surface area contributed by atoms with Gasteiger partial charge in [-0.2, -0.15) is 0 Å². The molecule has 7 atom stereocenters. The second kappa shape index (κ2) is 19.0. The zero-order chi connectivity index (χ0) is 31.1. The number of nitrogens with one attached hydrogen (secondary N) is 2. The molecule has 0 radical (unpaired) electrons. The van der Waals surface area contributed by atoms with Crippen LogP contribution in [0, 0.1) is 5.92 Å². The van der Waals surface area contributed by atoms with Crippen molar-refractivity contribution in [2.45, 2.75) is 142 Å². The van der Waals surface area contributed by atoms with Crippen LogP contribution in [0.4, 0.5) is 0 Å². The predicted molar refractivity (Wildman–Crippen MR) is 157 cm³/mol. The first-order valence-corrected chi connectivity index (χ1v) is 17.2. The molecule has 2 rings (SSSR count). The zero-order valence-electron chi connectivity index (χ0n) is 26.0. The summed E-state index contributed by atoms with van der Waals surface area (Å²) in [4.78, 5) is 46.8. The largest absolute Gasteiger partial charge is 0.472 e. The molecular formula is C29H53N2O10P. The van der Waals surface area contributed by atoms with Gasteiger partial charge in [0.15, 0.2) is 0 Å². The van der Waals surface area contributed by atoms with E-state index in [1.165, 1.54) is 0 Å². The van der Waals surface area contributed by atoms with Gasteiger partial charge in [-0.1, -0.05) is 33.6 Å². The summed E-state index contributed by atoms with van der Waals surface area (Å²) < 4.78 is 40.1. The molecular weight excluding hydrogens is 567 g/mol. The van der Waals surface area contributed by atoms with Gasteiger partial charge in [0, 0.05) is 38.3 Å². The highest BCUT2D eigenvalue weighted by atomic mass is 31.2. The Morgan fingerprint density at radius 1 is 0.881 bits per heavy atom. The lowest BCUT2D eigenvalue weighted by Crippen LogP contribution is -2.32. The second-order valence-electron chi connectivity index (χ2n) is 11.4. The number of carbonyl (C=O) groups is 3. The Labute approximate surface area is 250 Å². The summed E-state index contributed by atoms with van der Waals surface area (Å²) in [5, 5.41) is 5.80. The minimum absolute atomic E-state index is 0.00530. The third-order valence-corrected chi connectivity index (χ3v) is 8.78. The van der Waals surface area contributed by atoms with Gasteiger partial charge in [-0.05, 0) is 46.0 Å². The zero-order valence-corrected chi connectivity index (χ0v) is 26.9. The number of unbranched alkanes of at least 4 members (excludes halogenated alkanes) is 3. The molecule has 2 aliphatic rings. The predicted octanol–water partition coefficient (Wildman–Crippen LogP) is 4.17. The molecule has 2 saturated heterocycles. The van der Waals surface area contributed by atoms with Crippen LogP contribution in [0.5, 0.6) is 0 Å². The van der Waals surface area contributed by atoms with Gasteiger partial charge in [-0.3, -0.25) is 23.4 Å². The van der Waals surface area contributed by atoms with E-state index in [0.717, 1.165) is 38.5 Å². The normalized spacial score (nSPS) is 27.1. The highest BCUT2D eigenvalue weighted by molar-refractivity contribution is 7.47. The molecule has 12 nitrogen and oxygen atoms in total. The van der Waals surface area contributed by atoms with Gasteiger partial charge in [-0.15, -0.1) is 0 Å². The number of phosphoric acid groups is 1. The molecule has 0 bridgehead atoms. The average Bonchev–Trinajstić information content (AvgIpc) is 3.47. The Morgan fingerprint density at radius 2 is 1.48 bits per heavy atom. The van der Waals surface area contributed by atoms with Gasteiger partial charge in [0.1, 0.15) is 12.2 Å². The molecule has 13 heteroatoms. The van der Waals surface area contributed by atoms with Gasteiger partial charge in [-0.25, -0.2) is 4.57 Å². The fourth-order valence-corrected chi connectivity index (χ4v) is 6.29. The molecule has 7 unspecified atom stereocenters. The smallest absolute Gasteiger partial charge is 0.459 e. The first kappa shape index (κ1) is 36.6. The number of esters is 1.